The minimum absolute atomic E-state index is 0.137. The summed E-state index contributed by atoms with van der Waals surface area (Å²) >= 11 is 0.985. The topological polar surface area (TPSA) is 52.6 Å². The van der Waals surface area contributed by atoms with E-state index >= 15 is 0 Å². The fourth-order valence-corrected chi connectivity index (χ4v) is 3.65. The number of guanidine groups is 1. The minimum atomic E-state index is -4.40. The molecule has 1 aliphatic heterocycles. The number of piperidine rings is 1. The molecule has 2 rings (SSSR count). The smallest absolute Gasteiger partial charge is 0.357 e. The number of alkyl halides is 3. The quantitative estimate of drug-likeness (QED) is 0.591. The summed E-state index contributed by atoms with van der Waals surface area (Å²) in [4.78, 5) is 10.4. The van der Waals surface area contributed by atoms with Crippen LogP contribution in [0.15, 0.2) is 10.4 Å². The van der Waals surface area contributed by atoms with Crippen LogP contribution in [0.3, 0.4) is 0 Å². The Balaban J connectivity index is 1.92. The highest BCUT2D eigenvalue weighted by Crippen LogP contribution is 2.30. The number of halogens is 3. The number of likely N-dealkylation sites (tertiary alicyclic amines) is 1. The van der Waals surface area contributed by atoms with Crippen molar-refractivity contribution in [2.75, 3.05) is 26.2 Å². The van der Waals surface area contributed by atoms with Crippen LogP contribution in [0.25, 0.3) is 0 Å². The molecule has 0 bridgehead atoms. The molecule has 1 saturated heterocycles. The number of likely N-dealkylation sites (N-methyl/N-ethyl adjacent to an activating group) is 1. The van der Waals surface area contributed by atoms with Gasteiger partial charge in [0.25, 0.3) is 0 Å². The lowest BCUT2D eigenvalue weighted by Crippen LogP contribution is -2.49. The molecule has 9 heteroatoms. The average molecular weight is 377 g/mol. The van der Waals surface area contributed by atoms with E-state index in [1.807, 2.05) is 6.92 Å². The predicted octanol–water partition coefficient (Wildman–Crippen LogP) is 3.09. The van der Waals surface area contributed by atoms with E-state index < -0.39 is 11.9 Å². The van der Waals surface area contributed by atoms with Crippen molar-refractivity contribution in [2.24, 2.45) is 4.99 Å². The SMILES string of the molecule is CCNC(=NCc1nc(C(F)(F)F)cs1)NCC1CCCCN1CC. The summed E-state index contributed by atoms with van der Waals surface area (Å²) in [5.74, 6) is 0.618. The van der Waals surface area contributed by atoms with Crippen LogP contribution >= 0.6 is 11.3 Å². The first kappa shape index (κ1) is 20.0. The maximum atomic E-state index is 12.6. The zero-order valence-corrected chi connectivity index (χ0v) is 15.5. The molecule has 5 nitrogen and oxygen atoms in total. The lowest BCUT2D eigenvalue weighted by Gasteiger charge is -2.35. The van der Waals surface area contributed by atoms with Gasteiger partial charge >= 0.3 is 6.18 Å². The Kier molecular flexibility index (Phi) is 7.49. The molecular weight excluding hydrogens is 351 g/mol. The van der Waals surface area contributed by atoms with Gasteiger partial charge in [-0.15, -0.1) is 11.3 Å². The summed E-state index contributed by atoms with van der Waals surface area (Å²) in [6.45, 7) is 7.89. The third-order valence-corrected chi connectivity index (χ3v) is 5.05. The zero-order valence-electron chi connectivity index (χ0n) is 14.7. The molecule has 1 aromatic rings. The van der Waals surface area contributed by atoms with E-state index in [2.05, 4.69) is 32.4 Å². The lowest BCUT2D eigenvalue weighted by atomic mass is 10.0. The van der Waals surface area contributed by atoms with Crippen molar-refractivity contribution in [1.29, 1.82) is 0 Å². The Morgan fingerprint density at radius 3 is 2.80 bits per heavy atom. The summed E-state index contributed by atoms with van der Waals surface area (Å²) < 4.78 is 37.8. The molecule has 2 N–H and O–H groups in total. The maximum Gasteiger partial charge on any atom is 0.434 e. The number of aromatic nitrogens is 1. The normalized spacial score (nSPS) is 19.9. The van der Waals surface area contributed by atoms with Gasteiger partial charge in [0.15, 0.2) is 11.7 Å². The first-order valence-electron chi connectivity index (χ1n) is 8.71. The molecule has 142 valence electrons. The molecule has 2 heterocycles. The highest BCUT2D eigenvalue weighted by molar-refractivity contribution is 7.09. The number of hydrogen-bond donors (Lipinski definition) is 2. The fraction of sp³-hybridized carbons (Fsp3) is 0.750. The van der Waals surface area contributed by atoms with Crippen LogP contribution in [-0.2, 0) is 12.7 Å². The number of rotatable bonds is 6. The second kappa shape index (κ2) is 9.38. The third kappa shape index (κ3) is 6.14. The van der Waals surface area contributed by atoms with Crippen LogP contribution in [0, 0.1) is 0 Å². The molecule has 1 aliphatic rings. The molecule has 0 aliphatic carbocycles. The van der Waals surface area contributed by atoms with Crippen molar-refractivity contribution in [3.8, 4) is 0 Å². The summed E-state index contributed by atoms with van der Waals surface area (Å²) in [5.41, 5.74) is -0.846. The van der Waals surface area contributed by atoms with Crippen molar-refractivity contribution in [3.63, 3.8) is 0 Å². The van der Waals surface area contributed by atoms with Crippen LogP contribution < -0.4 is 10.6 Å². The first-order chi connectivity index (χ1) is 11.9. The molecule has 1 fully saturated rings. The van der Waals surface area contributed by atoms with E-state index in [4.69, 9.17) is 0 Å². The number of nitrogens with one attached hydrogen (secondary N) is 2. The van der Waals surface area contributed by atoms with Gasteiger partial charge in [-0.1, -0.05) is 13.3 Å². The zero-order chi connectivity index (χ0) is 18.3. The lowest BCUT2D eigenvalue weighted by molar-refractivity contribution is -0.140. The molecule has 0 amide bonds. The van der Waals surface area contributed by atoms with Gasteiger partial charge in [-0.3, -0.25) is 4.90 Å². The van der Waals surface area contributed by atoms with E-state index in [-0.39, 0.29) is 6.54 Å². The number of nitrogens with zero attached hydrogens (tertiary/aromatic N) is 3. The molecule has 0 aromatic carbocycles. The van der Waals surface area contributed by atoms with Crippen molar-refractivity contribution < 1.29 is 13.2 Å². The van der Waals surface area contributed by atoms with Crippen molar-refractivity contribution in [2.45, 2.75) is 51.9 Å². The number of aliphatic imine (C=N–C) groups is 1. The van der Waals surface area contributed by atoms with Crippen LogP contribution in [0.5, 0.6) is 0 Å². The molecule has 0 saturated carbocycles. The van der Waals surface area contributed by atoms with Gasteiger partial charge in [-0.2, -0.15) is 13.2 Å². The number of hydrogen-bond acceptors (Lipinski definition) is 4. The Bertz CT molecular complexity index is 558. The summed E-state index contributed by atoms with van der Waals surface area (Å²) in [6, 6.07) is 0.472. The Labute approximate surface area is 150 Å². The summed E-state index contributed by atoms with van der Waals surface area (Å²) in [7, 11) is 0. The molecule has 0 spiro atoms. The third-order valence-electron chi connectivity index (χ3n) is 4.22. The van der Waals surface area contributed by atoms with E-state index in [9.17, 15) is 13.2 Å². The minimum Gasteiger partial charge on any atom is -0.357 e. The number of thiazole rings is 1. The molecule has 1 unspecified atom stereocenters. The van der Waals surface area contributed by atoms with Gasteiger partial charge in [0, 0.05) is 24.5 Å². The largest absolute Gasteiger partial charge is 0.434 e. The van der Waals surface area contributed by atoms with Gasteiger partial charge in [0.2, 0.25) is 0 Å². The summed E-state index contributed by atoms with van der Waals surface area (Å²) in [6.07, 6.45) is -0.770. The van der Waals surface area contributed by atoms with Crippen LogP contribution in [0.2, 0.25) is 0 Å². The Hall–Kier alpha value is -1.35. The molecule has 1 aromatic heterocycles. The van der Waals surface area contributed by atoms with Crippen molar-refractivity contribution in [3.05, 3.63) is 16.1 Å². The monoisotopic (exact) mass is 377 g/mol. The molecule has 0 radical (unpaired) electrons. The molecule has 25 heavy (non-hydrogen) atoms. The van der Waals surface area contributed by atoms with Crippen LogP contribution in [-0.4, -0.2) is 48.1 Å². The van der Waals surface area contributed by atoms with Gasteiger partial charge in [-0.25, -0.2) is 9.98 Å². The first-order valence-corrected chi connectivity index (χ1v) is 9.59. The van der Waals surface area contributed by atoms with Gasteiger partial charge in [-0.05, 0) is 32.9 Å². The van der Waals surface area contributed by atoms with E-state index in [0.717, 1.165) is 42.8 Å². The molecular formula is C16H26F3N5S. The Morgan fingerprint density at radius 2 is 2.16 bits per heavy atom. The van der Waals surface area contributed by atoms with Crippen molar-refractivity contribution in [1.82, 2.24) is 20.5 Å². The van der Waals surface area contributed by atoms with Gasteiger partial charge in [0.1, 0.15) is 5.01 Å². The van der Waals surface area contributed by atoms with Crippen molar-refractivity contribution >= 4 is 17.3 Å². The van der Waals surface area contributed by atoms with Crippen LogP contribution in [0.1, 0.15) is 43.8 Å². The van der Waals surface area contributed by atoms with E-state index in [0.29, 0.717) is 23.6 Å². The summed E-state index contributed by atoms with van der Waals surface area (Å²) in [5, 5.41) is 7.84. The molecule has 1 atom stereocenters. The second-order valence-corrected chi connectivity index (χ2v) is 6.92. The maximum absolute atomic E-state index is 12.6. The van der Waals surface area contributed by atoms with Gasteiger partial charge < -0.3 is 10.6 Å². The van der Waals surface area contributed by atoms with E-state index in [1.54, 1.807) is 0 Å². The second-order valence-electron chi connectivity index (χ2n) is 5.98. The standard InChI is InChI=1S/C16H26F3N5S/c1-3-20-15(21-9-12-7-5-6-8-24(12)4-2)22-10-14-23-13(11-25-14)16(17,18)19/h11-12H,3-10H2,1-2H3,(H2,20,21,22). The highest BCUT2D eigenvalue weighted by Gasteiger charge is 2.33. The Morgan fingerprint density at radius 1 is 1.36 bits per heavy atom. The fourth-order valence-electron chi connectivity index (χ4n) is 2.92. The predicted molar refractivity (Wildman–Crippen MR) is 94.8 cm³/mol. The van der Waals surface area contributed by atoms with Gasteiger partial charge in [0.05, 0.1) is 6.54 Å². The van der Waals surface area contributed by atoms with Crippen LogP contribution in [0.4, 0.5) is 13.2 Å². The average Bonchev–Trinajstić information content (AvgIpc) is 3.07. The van der Waals surface area contributed by atoms with E-state index in [1.165, 1.54) is 12.8 Å². The highest BCUT2D eigenvalue weighted by atomic mass is 32.1.